The molecule has 1 aromatic carbocycles. The molecule has 1 aliphatic rings. The Kier molecular flexibility index (Phi) is 1.86. The van der Waals surface area contributed by atoms with Gasteiger partial charge in [-0.05, 0) is 18.2 Å². The number of halogens is 1. The topological polar surface area (TPSA) is 43.2 Å². The van der Waals surface area contributed by atoms with Crippen molar-refractivity contribution in [2.75, 3.05) is 12.0 Å². The number of benzene rings is 1. The van der Waals surface area contributed by atoms with E-state index in [0.717, 1.165) is 10.2 Å². The van der Waals surface area contributed by atoms with Crippen LogP contribution >= 0.6 is 15.9 Å². The van der Waals surface area contributed by atoms with Gasteiger partial charge in [-0.2, -0.15) is 0 Å². The Bertz CT molecular complexity index is 338. The molecule has 0 aromatic heterocycles. The number of Topliss-reactive ketones (excluding diaryl/α,β-unsaturated/α-hetero) is 1. The van der Waals surface area contributed by atoms with E-state index in [1.807, 2.05) is 12.1 Å². The Hall–Kier alpha value is -0.870. The first kappa shape index (κ1) is 7.76. The van der Waals surface area contributed by atoms with Gasteiger partial charge in [0.1, 0.15) is 0 Å². The zero-order chi connectivity index (χ0) is 8.55. The monoisotopic (exact) mass is 225 g/mol. The van der Waals surface area contributed by atoms with Crippen LogP contribution in [0.25, 0.3) is 0 Å². The largest absolute Gasteiger partial charge is 0.303 e. The second-order valence-electron chi connectivity index (χ2n) is 2.54. The highest BCUT2D eigenvalue weighted by Gasteiger charge is 2.16. The number of nitrogens with zero attached hydrogens (tertiary/aromatic N) is 1. The second-order valence-corrected chi connectivity index (χ2v) is 3.46. The van der Waals surface area contributed by atoms with Crippen LogP contribution in [0, 0.1) is 0 Å². The van der Waals surface area contributed by atoms with Crippen LogP contribution in [0.1, 0.15) is 10.4 Å². The number of hydrogen-bond donors (Lipinski definition) is 1. The lowest BCUT2D eigenvalue weighted by Crippen LogP contribution is -2.28. The Morgan fingerprint density at radius 1 is 1.50 bits per heavy atom. The summed E-state index contributed by atoms with van der Waals surface area (Å²) < 4.78 is 0.943. The van der Waals surface area contributed by atoms with E-state index in [9.17, 15) is 4.79 Å². The second kappa shape index (κ2) is 2.88. The van der Waals surface area contributed by atoms with Crippen LogP contribution in [0.4, 0.5) is 5.69 Å². The first-order valence-electron chi connectivity index (χ1n) is 3.52. The SMILES string of the molecule is O=C1C[N]Nc2cc(Br)ccc21. The predicted octanol–water partition coefficient (Wildman–Crippen LogP) is 1.58. The molecule has 1 heterocycles. The number of carbonyl (C=O) groups excluding carboxylic acids is 1. The van der Waals surface area contributed by atoms with Gasteiger partial charge in [0, 0.05) is 10.0 Å². The molecule has 61 valence electrons. The maximum atomic E-state index is 11.2. The fourth-order valence-corrected chi connectivity index (χ4v) is 1.49. The maximum absolute atomic E-state index is 11.2. The average molecular weight is 226 g/mol. The molecule has 2 rings (SSSR count). The molecule has 1 N–H and O–H groups in total. The summed E-state index contributed by atoms with van der Waals surface area (Å²) in [6.07, 6.45) is 0. The molecule has 0 fully saturated rings. The van der Waals surface area contributed by atoms with Crippen LogP contribution < -0.4 is 10.9 Å². The number of hydrogen-bond acceptors (Lipinski definition) is 2. The molecule has 1 radical (unpaired) electrons. The highest BCUT2D eigenvalue weighted by molar-refractivity contribution is 9.10. The number of carbonyl (C=O) groups is 1. The lowest BCUT2D eigenvalue weighted by Gasteiger charge is -2.15. The molecular weight excluding hydrogens is 220 g/mol. The number of nitrogens with one attached hydrogen (secondary N) is 1. The lowest BCUT2D eigenvalue weighted by molar-refractivity contribution is 0.0988. The zero-order valence-electron chi connectivity index (χ0n) is 6.17. The van der Waals surface area contributed by atoms with Gasteiger partial charge in [0.15, 0.2) is 5.78 Å². The van der Waals surface area contributed by atoms with Gasteiger partial charge in [-0.15, -0.1) is 5.43 Å². The number of ketones is 1. The van der Waals surface area contributed by atoms with Crippen molar-refractivity contribution in [1.29, 1.82) is 0 Å². The van der Waals surface area contributed by atoms with Crippen molar-refractivity contribution >= 4 is 27.4 Å². The van der Waals surface area contributed by atoms with Gasteiger partial charge in [-0.1, -0.05) is 15.9 Å². The molecule has 1 aliphatic heterocycles. The van der Waals surface area contributed by atoms with Crippen molar-refractivity contribution in [2.45, 2.75) is 0 Å². The quantitative estimate of drug-likeness (QED) is 0.729. The van der Waals surface area contributed by atoms with E-state index in [4.69, 9.17) is 0 Å². The number of fused-ring (bicyclic) bond motifs is 1. The van der Waals surface area contributed by atoms with Crippen molar-refractivity contribution < 1.29 is 4.79 Å². The molecule has 0 saturated carbocycles. The van der Waals surface area contributed by atoms with Crippen molar-refractivity contribution in [3.8, 4) is 0 Å². The van der Waals surface area contributed by atoms with Gasteiger partial charge in [-0.25, -0.2) is 0 Å². The molecule has 0 saturated heterocycles. The van der Waals surface area contributed by atoms with Gasteiger partial charge in [0.25, 0.3) is 0 Å². The van der Waals surface area contributed by atoms with Crippen LogP contribution in [-0.2, 0) is 0 Å². The Labute approximate surface area is 78.3 Å². The molecule has 0 bridgehead atoms. The minimum atomic E-state index is 0.0660. The van der Waals surface area contributed by atoms with Gasteiger partial charge in [-0.3, -0.25) is 4.79 Å². The summed E-state index contributed by atoms with van der Waals surface area (Å²) >= 11 is 3.32. The van der Waals surface area contributed by atoms with E-state index in [-0.39, 0.29) is 12.3 Å². The van der Waals surface area contributed by atoms with E-state index in [2.05, 4.69) is 26.8 Å². The summed E-state index contributed by atoms with van der Waals surface area (Å²) in [5.41, 5.74) is 8.12. The van der Waals surface area contributed by atoms with E-state index in [0.29, 0.717) is 5.56 Å². The molecule has 3 nitrogen and oxygen atoms in total. The van der Waals surface area contributed by atoms with Crippen LogP contribution in [-0.4, -0.2) is 12.3 Å². The lowest BCUT2D eigenvalue weighted by atomic mass is 10.1. The third kappa shape index (κ3) is 1.23. The fourth-order valence-electron chi connectivity index (χ4n) is 1.13. The molecule has 1 aromatic rings. The smallest absolute Gasteiger partial charge is 0.182 e. The third-order valence-electron chi connectivity index (χ3n) is 1.70. The predicted molar refractivity (Wildman–Crippen MR) is 49.1 cm³/mol. The maximum Gasteiger partial charge on any atom is 0.182 e. The van der Waals surface area contributed by atoms with Crippen molar-refractivity contribution in [3.05, 3.63) is 28.2 Å². The van der Waals surface area contributed by atoms with E-state index in [1.165, 1.54) is 0 Å². The van der Waals surface area contributed by atoms with E-state index in [1.54, 1.807) is 6.07 Å². The Morgan fingerprint density at radius 2 is 2.33 bits per heavy atom. The first-order chi connectivity index (χ1) is 5.77. The normalized spacial score (nSPS) is 15.2. The fraction of sp³-hybridized carbons (Fsp3) is 0.125. The average Bonchev–Trinajstić information content (AvgIpc) is 2.04. The van der Waals surface area contributed by atoms with Gasteiger partial charge in [0.05, 0.1) is 12.2 Å². The highest BCUT2D eigenvalue weighted by atomic mass is 79.9. The summed E-state index contributed by atoms with van der Waals surface area (Å²) in [6, 6.07) is 5.49. The number of anilines is 1. The summed E-state index contributed by atoms with van der Waals surface area (Å²) in [7, 11) is 0. The number of rotatable bonds is 0. The summed E-state index contributed by atoms with van der Waals surface area (Å²) in [5, 5.41) is 0. The summed E-state index contributed by atoms with van der Waals surface area (Å²) in [5.74, 6) is 0.0660. The van der Waals surface area contributed by atoms with E-state index < -0.39 is 0 Å². The minimum absolute atomic E-state index is 0.0660. The first-order valence-corrected chi connectivity index (χ1v) is 4.32. The summed E-state index contributed by atoms with van der Waals surface area (Å²) in [6.45, 7) is 0.231. The summed E-state index contributed by atoms with van der Waals surface area (Å²) in [4.78, 5) is 11.2. The zero-order valence-corrected chi connectivity index (χ0v) is 7.76. The van der Waals surface area contributed by atoms with Crippen LogP contribution in [0.2, 0.25) is 0 Å². The molecule has 4 heteroatoms. The molecule has 0 atom stereocenters. The molecule has 0 amide bonds. The minimum Gasteiger partial charge on any atom is -0.303 e. The van der Waals surface area contributed by atoms with Gasteiger partial charge >= 0.3 is 0 Å². The van der Waals surface area contributed by atoms with Crippen LogP contribution in [0.3, 0.4) is 0 Å². The molecular formula is C8H6BrN2O. The standard InChI is InChI=1S/C8H6BrN2O/c9-5-1-2-6-7(3-5)11-10-4-8(6)12/h1-3,11H,4H2. The van der Waals surface area contributed by atoms with E-state index >= 15 is 0 Å². The van der Waals surface area contributed by atoms with Crippen LogP contribution in [0.15, 0.2) is 22.7 Å². The molecule has 12 heavy (non-hydrogen) atoms. The van der Waals surface area contributed by atoms with Crippen molar-refractivity contribution in [3.63, 3.8) is 0 Å². The van der Waals surface area contributed by atoms with Crippen molar-refractivity contribution in [2.24, 2.45) is 0 Å². The molecule has 0 aliphatic carbocycles. The highest BCUT2D eigenvalue weighted by Crippen LogP contribution is 2.23. The third-order valence-corrected chi connectivity index (χ3v) is 2.20. The van der Waals surface area contributed by atoms with Gasteiger partial charge < -0.3 is 5.43 Å². The van der Waals surface area contributed by atoms with Crippen LogP contribution in [0.5, 0.6) is 0 Å². The Morgan fingerprint density at radius 3 is 3.17 bits per heavy atom. The van der Waals surface area contributed by atoms with Crippen molar-refractivity contribution in [1.82, 2.24) is 5.43 Å². The molecule has 0 spiro atoms. The Balaban J connectivity index is 2.53. The van der Waals surface area contributed by atoms with Gasteiger partial charge in [0.2, 0.25) is 0 Å². The molecule has 0 unspecified atom stereocenters.